The summed E-state index contributed by atoms with van der Waals surface area (Å²) < 4.78 is 23.0. The normalized spacial score (nSPS) is 19.5. The lowest BCUT2D eigenvalue weighted by atomic mass is 9.99. The van der Waals surface area contributed by atoms with Crippen LogP contribution in [0.4, 0.5) is 0 Å². The van der Waals surface area contributed by atoms with Gasteiger partial charge in [-0.15, -0.1) is 0 Å². The van der Waals surface area contributed by atoms with Gasteiger partial charge >= 0.3 is 5.97 Å². The van der Waals surface area contributed by atoms with Gasteiger partial charge in [0.05, 0.1) is 19.8 Å². The highest BCUT2D eigenvalue weighted by molar-refractivity contribution is 5.69. The molecule has 63 heavy (non-hydrogen) atoms. The summed E-state index contributed by atoms with van der Waals surface area (Å²) in [5.41, 5.74) is 0. The zero-order valence-corrected chi connectivity index (χ0v) is 41.6. The van der Waals surface area contributed by atoms with Crippen LogP contribution >= 0.6 is 0 Å². The molecule has 1 aliphatic rings. The van der Waals surface area contributed by atoms with Crippen LogP contribution in [0.2, 0.25) is 0 Å². The van der Waals surface area contributed by atoms with E-state index in [2.05, 4.69) is 13.8 Å². The van der Waals surface area contributed by atoms with Crippen LogP contribution in [-0.2, 0) is 23.7 Å². The van der Waals surface area contributed by atoms with Gasteiger partial charge in [0.25, 0.3) is 0 Å². The maximum Gasteiger partial charge on any atom is 0.306 e. The van der Waals surface area contributed by atoms with Crippen molar-refractivity contribution in [2.75, 3.05) is 26.4 Å². The van der Waals surface area contributed by atoms with Crippen molar-refractivity contribution in [3.05, 3.63) is 0 Å². The Morgan fingerprint density at radius 3 is 1.13 bits per heavy atom. The highest BCUT2D eigenvalue weighted by Gasteiger charge is 2.44. The third-order valence-corrected chi connectivity index (χ3v) is 13.3. The average molecular weight is 899 g/mol. The van der Waals surface area contributed by atoms with E-state index in [1.54, 1.807) is 0 Å². The van der Waals surface area contributed by atoms with E-state index in [9.17, 15) is 25.2 Å². The molecule has 376 valence electrons. The van der Waals surface area contributed by atoms with Gasteiger partial charge in [-0.25, -0.2) is 0 Å². The van der Waals surface area contributed by atoms with E-state index in [0.717, 1.165) is 32.1 Å². The zero-order valence-electron chi connectivity index (χ0n) is 41.6. The van der Waals surface area contributed by atoms with Crippen LogP contribution in [0.3, 0.4) is 0 Å². The van der Waals surface area contributed by atoms with Crippen LogP contribution in [0.15, 0.2) is 0 Å². The first-order valence-electron chi connectivity index (χ1n) is 27.6. The molecule has 6 atom stereocenters. The lowest BCUT2D eigenvalue weighted by Gasteiger charge is -2.39. The number of aliphatic hydroxyl groups is 4. The second kappa shape index (κ2) is 46.3. The molecule has 0 aromatic heterocycles. The Morgan fingerprint density at radius 1 is 0.444 bits per heavy atom. The molecule has 4 N–H and O–H groups in total. The monoisotopic (exact) mass is 899 g/mol. The summed E-state index contributed by atoms with van der Waals surface area (Å²) in [6.07, 6.45) is 45.7. The SMILES string of the molecule is CCCCCCCCCCCCCCCCCCCCCCCCC(=O)OC(COCCCCCCCCCCCCCCCCCCCC)COC1OC(CO)C(O)C(O)C1O. The quantitative estimate of drug-likeness (QED) is 0.0348. The topological polar surface area (TPSA) is 135 Å². The van der Waals surface area contributed by atoms with Gasteiger partial charge in [0.1, 0.15) is 30.5 Å². The van der Waals surface area contributed by atoms with E-state index < -0.39 is 43.4 Å². The molecule has 9 heteroatoms. The van der Waals surface area contributed by atoms with Crippen LogP contribution in [0.25, 0.3) is 0 Å². The first kappa shape index (κ1) is 60.2. The van der Waals surface area contributed by atoms with Gasteiger partial charge in [-0.2, -0.15) is 0 Å². The Morgan fingerprint density at radius 2 is 0.778 bits per heavy atom. The van der Waals surface area contributed by atoms with Crippen LogP contribution in [-0.4, -0.2) is 89.6 Å². The minimum absolute atomic E-state index is 0.104. The van der Waals surface area contributed by atoms with E-state index in [1.807, 2.05) is 0 Å². The highest BCUT2D eigenvalue weighted by atomic mass is 16.7. The Hall–Kier alpha value is -0.810. The van der Waals surface area contributed by atoms with Crippen molar-refractivity contribution in [1.29, 1.82) is 0 Å². The lowest BCUT2D eigenvalue weighted by molar-refractivity contribution is -0.305. The number of carbonyl (C=O) groups is 1. The largest absolute Gasteiger partial charge is 0.457 e. The lowest BCUT2D eigenvalue weighted by Crippen LogP contribution is -2.59. The van der Waals surface area contributed by atoms with Crippen molar-refractivity contribution in [2.45, 2.75) is 314 Å². The van der Waals surface area contributed by atoms with E-state index in [-0.39, 0.29) is 19.2 Å². The maximum atomic E-state index is 12.9. The molecule has 0 bridgehead atoms. The molecule has 0 saturated carbocycles. The predicted molar refractivity (Wildman–Crippen MR) is 261 cm³/mol. The van der Waals surface area contributed by atoms with Crippen molar-refractivity contribution >= 4 is 5.97 Å². The standard InChI is InChI=1S/C54H106O9/c1-3-5-7-9-11-13-15-17-19-21-23-24-25-26-27-29-31-33-35-37-39-41-43-50(56)62-48(47-61-54-53(59)52(58)51(57)49(45-55)63-54)46-60-44-42-40-38-36-34-32-30-28-22-20-18-16-14-12-10-8-6-4-2/h48-49,51-55,57-59H,3-47H2,1-2H3. The fourth-order valence-electron chi connectivity index (χ4n) is 8.97. The molecule has 1 aliphatic heterocycles. The minimum atomic E-state index is -1.53. The van der Waals surface area contributed by atoms with Gasteiger partial charge < -0.3 is 39.4 Å². The summed E-state index contributed by atoms with van der Waals surface area (Å²) in [4.78, 5) is 12.9. The summed E-state index contributed by atoms with van der Waals surface area (Å²) in [6, 6.07) is 0. The van der Waals surface area contributed by atoms with Gasteiger partial charge in [0.2, 0.25) is 0 Å². The summed E-state index contributed by atoms with van der Waals surface area (Å²) in [5.74, 6) is -0.303. The van der Waals surface area contributed by atoms with E-state index in [1.165, 1.54) is 225 Å². The van der Waals surface area contributed by atoms with Crippen LogP contribution < -0.4 is 0 Å². The number of hydrogen-bond donors (Lipinski definition) is 4. The molecule has 1 heterocycles. The minimum Gasteiger partial charge on any atom is -0.457 e. The Bertz CT molecular complexity index is 935. The predicted octanol–water partition coefficient (Wildman–Crippen LogP) is 13.8. The Kier molecular flexibility index (Phi) is 44.3. The Balaban J connectivity index is 2.15. The zero-order chi connectivity index (χ0) is 45.7. The summed E-state index contributed by atoms with van der Waals surface area (Å²) >= 11 is 0. The number of carbonyl (C=O) groups excluding carboxylic acids is 1. The van der Waals surface area contributed by atoms with E-state index in [0.29, 0.717) is 13.0 Å². The second-order valence-corrected chi connectivity index (χ2v) is 19.4. The fourth-order valence-corrected chi connectivity index (χ4v) is 8.97. The molecule has 6 unspecified atom stereocenters. The second-order valence-electron chi connectivity index (χ2n) is 19.4. The van der Waals surface area contributed by atoms with Gasteiger partial charge in [0, 0.05) is 13.0 Å². The van der Waals surface area contributed by atoms with Crippen molar-refractivity contribution < 1.29 is 44.2 Å². The first-order chi connectivity index (χ1) is 30.9. The molecular weight excluding hydrogens is 793 g/mol. The molecule has 1 fully saturated rings. The third-order valence-electron chi connectivity index (χ3n) is 13.3. The summed E-state index contributed by atoms with van der Waals surface area (Å²) in [5, 5.41) is 40.3. The van der Waals surface area contributed by atoms with Crippen LogP contribution in [0, 0.1) is 0 Å². The van der Waals surface area contributed by atoms with Crippen molar-refractivity contribution in [3.8, 4) is 0 Å². The van der Waals surface area contributed by atoms with Crippen molar-refractivity contribution in [1.82, 2.24) is 0 Å². The average Bonchev–Trinajstić information content (AvgIpc) is 3.28. The number of aliphatic hydroxyl groups excluding tert-OH is 4. The number of ether oxygens (including phenoxy) is 4. The van der Waals surface area contributed by atoms with E-state index >= 15 is 0 Å². The van der Waals surface area contributed by atoms with Crippen LogP contribution in [0.5, 0.6) is 0 Å². The molecule has 0 aromatic rings. The molecule has 0 aliphatic carbocycles. The third kappa shape index (κ3) is 36.9. The molecular formula is C54H106O9. The van der Waals surface area contributed by atoms with E-state index in [4.69, 9.17) is 18.9 Å². The summed E-state index contributed by atoms with van der Waals surface area (Å²) in [7, 11) is 0. The maximum absolute atomic E-state index is 12.9. The number of esters is 1. The Labute approximate surface area is 389 Å². The molecule has 1 saturated heterocycles. The van der Waals surface area contributed by atoms with Gasteiger partial charge in [-0.3, -0.25) is 4.79 Å². The summed E-state index contributed by atoms with van der Waals surface area (Å²) in [6.45, 7) is 4.64. The van der Waals surface area contributed by atoms with Gasteiger partial charge in [-0.05, 0) is 12.8 Å². The smallest absolute Gasteiger partial charge is 0.306 e. The van der Waals surface area contributed by atoms with Crippen molar-refractivity contribution in [3.63, 3.8) is 0 Å². The molecule has 9 nitrogen and oxygen atoms in total. The number of unbranched alkanes of at least 4 members (excludes halogenated alkanes) is 38. The number of rotatable bonds is 49. The van der Waals surface area contributed by atoms with Crippen molar-refractivity contribution in [2.24, 2.45) is 0 Å². The van der Waals surface area contributed by atoms with Crippen LogP contribution in [0.1, 0.15) is 277 Å². The molecule has 0 spiro atoms. The highest BCUT2D eigenvalue weighted by Crippen LogP contribution is 2.23. The fraction of sp³-hybridized carbons (Fsp3) is 0.981. The molecule has 0 aromatic carbocycles. The first-order valence-corrected chi connectivity index (χ1v) is 27.6. The molecule has 1 rings (SSSR count). The molecule has 0 amide bonds. The van der Waals surface area contributed by atoms with Gasteiger partial charge in [-0.1, -0.05) is 258 Å². The van der Waals surface area contributed by atoms with Gasteiger partial charge in [0.15, 0.2) is 6.29 Å². The number of hydrogen-bond acceptors (Lipinski definition) is 9. The molecule has 0 radical (unpaired) electrons.